The van der Waals surface area contributed by atoms with Crippen LogP contribution in [0.2, 0.25) is 0 Å². The molecule has 1 aromatic heterocycles. The molecule has 0 N–H and O–H groups in total. The van der Waals surface area contributed by atoms with E-state index in [1.807, 2.05) is 44.2 Å². The number of nitrogens with zero attached hydrogens (tertiary/aromatic N) is 3. The number of hydrogen-bond acceptors (Lipinski definition) is 2. The summed E-state index contributed by atoms with van der Waals surface area (Å²) in [6, 6.07) is 11.6. The van der Waals surface area contributed by atoms with E-state index in [2.05, 4.69) is 10.1 Å². The second-order valence-electron chi connectivity index (χ2n) is 4.77. The molecule has 2 rings (SSSR count). The molecular weight excluding hydrogens is 238 g/mol. The summed E-state index contributed by atoms with van der Waals surface area (Å²) in [5, 5.41) is 4.85. The molecule has 0 atom stereocenters. The predicted molar refractivity (Wildman–Crippen MR) is 73.6 cm³/mol. The Labute approximate surface area is 112 Å². The first-order valence-electron chi connectivity index (χ1n) is 6.33. The molecule has 1 amide bonds. The van der Waals surface area contributed by atoms with Crippen LogP contribution in [0.3, 0.4) is 0 Å². The van der Waals surface area contributed by atoms with Crippen molar-refractivity contribution in [2.75, 3.05) is 0 Å². The van der Waals surface area contributed by atoms with Crippen molar-refractivity contribution < 1.29 is 4.79 Å². The summed E-state index contributed by atoms with van der Waals surface area (Å²) < 4.78 is 1.74. The monoisotopic (exact) mass is 255 g/mol. The molecule has 0 aliphatic carbocycles. The van der Waals surface area contributed by atoms with Crippen molar-refractivity contribution in [3.63, 3.8) is 0 Å². The van der Waals surface area contributed by atoms with Gasteiger partial charge in [0.1, 0.15) is 0 Å². The van der Waals surface area contributed by atoms with Crippen LogP contribution in [0.15, 0.2) is 53.8 Å². The number of hydrogen-bond donors (Lipinski definition) is 0. The lowest BCUT2D eigenvalue weighted by molar-refractivity contribution is -0.118. The van der Waals surface area contributed by atoms with E-state index in [4.69, 9.17) is 0 Å². The fourth-order valence-corrected chi connectivity index (χ4v) is 1.69. The zero-order valence-electron chi connectivity index (χ0n) is 11.2. The minimum atomic E-state index is -0.103. The van der Waals surface area contributed by atoms with Crippen LogP contribution in [0.1, 0.15) is 20.3 Å². The fourth-order valence-electron chi connectivity index (χ4n) is 1.69. The summed E-state index contributed by atoms with van der Waals surface area (Å²) in [5.74, 6) is 0.219. The molecule has 4 nitrogen and oxygen atoms in total. The van der Waals surface area contributed by atoms with Gasteiger partial charge in [0.25, 0.3) is 0 Å². The molecule has 19 heavy (non-hydrogen) atoms. The van der Waals surface area contributed by atoms with Crippen molar-refractivity contribution >= 4 is 5.91 Å². The van der Waals surface area contributed by atoms with Crippen molar-refractivity contribution in [3.8, 4) is 5.69 Å². The quantitative estimate of drug-likeness (QED) is 0.845. The van der Waals surface area contributed by atoms with Gasteiger partial charge in [0.2, 0.25) is 5.91 Å². The number of benzene rings is 1. The van der Waals surface area contributed by atoms with Crippen LogP contribution in [0.25, 0.3) is 5.69 Å². The Morgan fingerprint density at radius 3 is 2.58 bits per heavy atom. The Hall–Kier alpha value is -2.23. The summed E-state index contributed by atoms with van der Waals surface area (Å²) in [6.45, 7) is 4.00. The zero-order chi connectivity index (χ0) is 13.7. The SMILES string of the molecule is CC(C)CC(=O)N=c1ccn(-c2ccccc2)nc1. The van der Waals surface area contributed by atoms with Gasteiger partial charge in [-0.15, -0.1) is 0 Å². The van der Waals surface area contributed by atoms with Crippen LogP contribution in [0.4, 0.5) is 0 Å². The van der Waals surface area contributed by atoms with Crippen molar-refractivity contribution in [1.29, 1.82) is 0 Å². The highest BCUT2D eigenvalue weighted by molar-refractivity contribution is 5.77. The highest BCUT2D eigenvalue weighted by Gasteiger charge is 2.02. The zero-order valence-corrected chi connectivity index (χ0v) is 11.2. The molecular formula is C15H17N3O. The molecule has 0 fully saturated rings. The van der Waals surface area contributed by atoms with Gasteiger partial charge in [-0.25, -0.2) is 9.67 Å². The Bertz CT molecular complexity index is 594. The minimum Gasteiger partial charge on any atom is -0.273 e. The number of carbonyl (C=O) groups is 1. The second kappa shape index (κ2) is 6.09. The van der Waals surface area contributed by atoms with E-state index >= 15 is 0 Å². The maximum atomic E-state index is 11.6. The third-order valence-electron chi connectivity index (χ3n) is 2.56. The van der Waals surface area contributed by atoms with Crippen LogP contribution >= 0.6 is 0 Å². The lowest BCUT2D eigenvalue weighted by Crippen LogP contribution is -2.12. The Morgan fingerprint density at radius 1 is 1.26 bits per heavy atom. The largest absolute Gasteiger partial charge is 0.273 e. The topological polar surface area (TPSA) is 47.2 Å². The highest BCUT2D eigenvalue weighted by Crippen LogP contribution is 2.02. The van der Waals surface area contributed by atoms with Crippen molar-refractivity contribution in [3.05, 3.63) is 54.1 Å². The standard InChI is InChI=1S/C15H17N3O/c1-12(2)10-15(19)17-13-8-9-18(16-11-13)14-6-4-3-5-7-14/h3-9,11-12H,10H2,1-2H3. The number of amides is 1. The van der Waals surface area contributed by atoms with E-state index in [1.165, 1.54) is 0 Å². The molecule has 0 saturated heterocycles. The smallest absolute Gasteiger partial charge is 0.246 e. The van der Waals surface area contributed by atoms with Crippen LogP contribution in [0, 0.1) is 5.92 Å². The molecule has 4 heteroatoms. The lowest BCUT2D eigenvalue weighted by Gasteiger charge is -2.03. The summed E-state index contributed by atoms with van der Waals surface area (Å²) >= 11 is 0. The number of carbonyl (C=O) groups excluding carboxylic acids is 1. The van der Waals surface area contributed by atoms with Gasteiger partial charge in [-0.1, -0.05) is 32.0 Å². The van der Waals surface area contributed by atoms with Gasteiger partial charge in [-0.05, 0) is 24.1 Å². The number of aromatic nitrogens is 2. The van der Waals surface area contributed by atoms with Gasteiger partial charge in [-0.2, -0.15) is 5.10 Å². The Balaban J connectivity index is 2.19. The van der Waals surface area contributed by atoms with E-state index in [9.17, 15) is 4.79 Å². The third kappa shape index (κ3) is 3.88. The maximum absolute atomic E-state index is 11.6. The summed E-state index contributed by atoms with van der Waals surface area (Å²) in [4.78, 5) is 15.6. The van der Waals surface area contributed by atoms with E-state index in [-0.39, 0.29) is 5.91 Å². The molecule has 0 aliphatic heterocycles. The molecule has 0 aliphatic rings. The Morgan fingerprint density at radius 2 is 2.00 bits per heavy atom. The minimum absolute atomic E-state index is 0.103. The molecule has 0 bridgehead atoms. The van der Waals surface area contributed by atoms with Crippen LogP contribution in [-0.4, -0.2) is 15.7 Å². The second-order valence-corrected chi connectivity index (χ2v) is 4.77. The number of rotatable bonds is 3. The van der Waals surface area contributed by atoms with Crippen molar-refractivity contribution in [2.24, 2.45) is 10.9 Å². The third-order valence-corrected chi connectivity index (χ3v) is 2.56. The maximum Gasteiger partial charge on any atom is 0.246 e. The van der Waals surface area contributed by atoms with Crippen LogP contribution in [-0.2, 0) is 4.79 Å². The van der Waals surface area contributed by atoms with E-state index in [0.29, 0.717) is 17.7 Å². The van der Waals surface area contributed by atoms with Crippen molar-refractivity contribution in [1.82, 2.24) is 9.78 Å². The normalized spacial score (nSPS) is 11.8. The molecule has 1 aromatic carbocycles. The number of para-hydroxylation sites is 1. The first-order valence-corrected chi connectivity index (χ1v) is 6.33. The average molecular weight is 255 g/mol. The average Bonchev–Trinajstić information content (AvgIpc) is 2.39. The first-order chi connectivity index (χ1) is 9.15. The van der Waals surface area contributed by atoms with Gasteiger partial charge >= 0.3 is 0 Å². The lowest BCUT2D eigenvalue weighted by atomic mass is 10.1. The molecule has 0 unspecified atom stereocenters. The van der Waals surface area contributed by atoms with E-state index in [1.54, 1.807) is 23.1 Å². The molecule has 0 radical (unpaired) electrons. The van der Waals surface area contributed by atoms with Crippen molar-refractivity contribution in [2.45, 2.75) is 20.3 Å². The fraction of sp³-hybridized carbons (Fsp3) is 0.267. The molecule has 98 valence electrons. The highest BCUT2D eigenvalue weighted by atomic mass is 16.1. The first kappa shape index (κ1) is 13.2. The molecule has 1 heterocycles. The Kier molecular flexibility index (Phi) is 4.23. The van der Waals surface area contributed by atoms with Gasteiger partial charge in [0, 0.05) is 12.6 Å². The van der Waals surface area contributed by atoms with Gasteiger partial charge in [0.05, 0.1) is 17.2 Å². The molecule has 2 aromatic rings. The predicted octanol–water partition coefficient (Wildman–Crippen LogP) is 2.35. The summed E-state index contributed by atoms with van der Waals surface area (Å²) in [5.41, 5.74) is 0.975. The van der Waals surface area contributed by atoms with Gasteiger partial charge in [0.15, 0.2) is 0 Å². The molecule has 0 spiro atoms. The summed E-state index contributed by atoms with van der Waals surface area (Å²) in [7, 11) is 0. The summed E-state index contributed by atoms with van der Waals surface area (Å²) in [6.07, 6.45) is 3.87. The van der Waals surface area contributed by atoms with E-state index in [0.717, 1.165) is 5.69 Å². The van der Waals surface area contributed by atoms with Crippen LogP contribution in [0.5, 0.6) is 0 Å². The van der Waals surface area contributed by atoms with Crippen LogP contribution < -0.4 is 5.36 Å². The van der Waals surface area contributed by atoms with E-state index < -0.39 is 0 Å². The van der Waals surface area contributed by atoms with Gasteiger partial charge < -0.3 is 0 Å². The molecule has 0 saturated carbocycles. The van der Waals surface area contributed by atoms with Gasteiger partial charge in [-0.3, -0.25) is 4.79 Å².